The van der Waals surface area contributed by atoms with E-state index in [2.05, 4.69) is 25.8 Å². The lowest BCUT2D eigenvalue weighted by atomic mass is 10.2. The van der Waals surface area contributed by atoms with E-state index >= 15 is 0 Å². The normalized spacial score (nSPS) is 14.4. The van der Waals surface area contributed by atoms with Gasteiger partial charge in [0.1, 0.15) is 5.82 Å². The predicted molar refractivity (Wildman–Crippen MR) is 110 cm³/mol. The van der Waals surface area contributed by atoms with Gasteiger partial charge in [0, 0.05) is 47.2 Å². The number of amides is 1. The summed E-state index contributed by atoms with van der Waals surface area (Å²) in [4.78, 5) is 21.4. The van der Waals surface area contributed by atoms with Crippen LogP contribution in [-0.2, 0) is 0 Å². The van der Waals surface area contributed by atoms with Crippen LogP contribution in [0.5, 0.6) is 0 Å². The van der Waals surface area contributed by atoms with Crippen molar-refractivity contribution in [3.05, 3.63) is 69.8 Å². The number of hydrogen-bond donors (Lipinski definition) is 0. The van der Waals surface area contributed by atoms with Crippen molar-refractivity contribution in [2.45, 2.75) is 0 Å². The summed E-state index contributed by atoms with van der Waals surface area (Å²) in [5, 5.41) is 2.92. The van der Waals surface area contributed by atoms with Gasteiger partial charge in [-0.05, 0) is 48.5 Å². The molecule has 0 unspecified atom stereocenters. The van der Waals surface area contributed by atoms with Crippen LogP contribution in [0.25, 0.3) is 11.3 Å². The Bertz CT molecular complexity index is 935. The first-order valence-corrected chi connectivity index (χ1v) is 10.3. The standard InChI is InChI=1S/C20H17BrFN3OS/c21-16-5-1-15(2-6-16)19(26)24-9-11-25(12-10-24)20-23-18(13-27-20)14-3-7-17(22)8-4-14/h1-8,13H,9-12H2. The maximum Gasteiger partial charge on any atom is 0.253 e. The zero-order valence-corrected chi connectivity index (χ0v) is 16.8. The lowest BCUT2D eigenvalue weighted by Crippen LogP contribution is -2.48. The summed E-state index contributed by atoms with van der Waals surface area (Å²) in [5.41, 5.74) is 2.46. The molecular weight excluding hydrogens is 429 g/mol. The number of thiazole rings is 1. The van der Waals surface area contributed by atoms with E-state index in [0.717, 1.165) is 34.0 Å². The third kappa shape index (κ3) is 4.04. The van der Waals surface area contributed by atoms with E-state index < -0.39 is 0 Å². The first-order chi connectivity index (χ1) is 13.1. The average molecular weight is 446 g/mol. The van der Waals surface area contributed by atoms with Crippen molar-refractivity contribution in [2.75, 3.05) is 31.1 Å². The minimum Gasteiger partial charge on any atom is -0.345 e. The second-order valence-electron chi connectivity index (χ2n) is 6.31. The third-order valence-corrected chi connectivity index (χ3v) is 5.99. The maximum atomic E-state index is 13.1. The molecule has 0 N–H and O–H groups in total. The molecule has 2 aromatic carbocycles. The van der Waals surface area contributed by atoms with Gasteiger partial charge in [-0.2, -0.15) is 0 Å². The van der Waals surface area contributed by atoms with Gasteiger partial charge in [0.15, 0.2) is 5.13 Å². The first-order valence-electron chi connectivity index (χ1n) is 8.61. The van der Waals surface area contributed by atoms with E-state index in [9.17, 15) is 9.18 Å². The molecule has 0 saturated carbocycles. The molecule has 4 rings (SSSR count). The highest BCUT2D eigenvalue weighted by atomic mass is 79.9. The quantitative estimate of drug-likeness (QED) is 0.587. The molecular formula is C20H17BrFN3OS. The molecule has 3 aromatic rings. The average Bonchev–Trinajstić information content (AvgIpc) is 3.19. The molecule has 1 amide bonds. The number of aromatic nitrogens is 1. The molecule has 1 saturated heterocycles. The van der Waals surface area contributed by atoms with E-state index in [0.29, 0.717) is 18.7 Å². The Kier molecular flexibility index (Phi) is 5.22. The number of carbonyl (C=O) groups is 1. The summed E-state index contributed by atoms with van der Waals surface area (Å²) in [7, 11) is 0. The number of benzene rings is 2. The highest BCUT2D eigenvalue weighted by Crippen LogP contribution is 2.28. The van der Waals surface area contributed by atoms with Gasteiger partial charge in [0.25, 0.3) is 5.91 Å². The molecule has 0 radical (unpaired) electrons. The van der Waals surface area contributed by atoms with Gasteiger partial charge in [0.2, 0.25) is 0 Å². The minimum atomic E-state index is -0.249. The van der Waals surface area contributed by atoms with Crippen LogP contribution < -0.4 is 4.90 Å². The Morgan fingerprint density at radius 1 is 1.00 bits per heavy atom. The predicted octanol–water partition coefficient (Wildman–Crippen LogP) is 4.67. The maximum absolute atomic E-state index is 13.1. The minimum absolute atomic E-state index is 0.0632. The Labute approximate surface area is 169 Å². The molecule has 2 heterocycles. The smallest absolute Gasteiger partial charge is 0.253 e. The number of piperazine rings is 1. The molecule has 0 atom stereocenters. The van der Waals surface area contributed by atoms with E-state index in [4.69, 9.17) is 0 Å². The molecule has 0 bridgehead atoms. The number of halogens is 2. The van der Waals surface area contributed by atoms with E-state index in [1.807, 2.05) is 34.5 Å². The molecule has 0 aliphatic carbocycles. The SMILES string of the molecule is O=C(c1ccc(Br)cc1)N1CCN(c2nc(-c3ccc(F)cc3)cs2)CC1. The molecule has 1 aromatic heterocycles. The summed E-state index contributed by atoms with van der Waals surface area (Å²) in [5.74, 6) is -0.186. The fourth-order valence-electron chi connectivity index (χ4n) is 3.04. The Hall–Kier alpha value is -2.25. The molecule has 1 aliphatic rings. The van der Waals surface area contributed by atoms with Gasteiger partial charge in [-0.1, -0.05) is 15.9 Å². The van der Waals surface area contributed by atoms with Gasteiger partial charge in [0.05, 0.1) is 5.69 Å². The van der Waals surface area contributed by atoms with Crippen LogP contribution in [0.4, 0.5) is 9.52 Å². The van der Waals surface area contributed by atoms with Gasteiger partial charge < -0.3 is 9.80 Å². The van der Waals surface area contributed by atoms with Gasteiger partial charge in [-0.15, -0.1) is 11.3 Å². The highest BCUT2D eigenvalue weighted by Gasteiger charge is 2.23. The first kappa shape index (κ1) is 18.1. The summed E-state index contributed by atoms with van der Waals surface area (Å²) in [6.45, 7) is 2.83. The number of nitrogens with zero attached hydrogens (tertiary/aromatic N) is 3. The number of carbonyl (C=O) groups excluding carboxylic acids is 1. The third-order valence-electron chi connectivity index (χ3n) is 4.56. The zero-order valence-electron chi connectivity index (χ0n) is 14.4. The summed E-state index contributed by atoms with van der Waals surface area (Å²) >= 11 is 4.97. The van der Waals surface area contributed by atoms with Gasteiger partial charge in [-0.3, -0.25) is 4.79 Å². The second kappa shape index (κ2) is 7.78. The topological polar surface area (TPSA) is 36.4 Å². The zero-order chi connectivity index (χ0) is 18.8. The lowest BCUT2D eigenvalue weighted by Gasteiger charge is -2.34. The number of rotatable bonds is 3. The van der Waals surface area contributed by atoms with Crippen molar-refractivity contribution in [2.24, 2.45) is 0 Å². The lowest BCUT2D eigenvalue weighted by molar-refractivity contribution is 0.0747. The van der Waals surface area contributed by atoms with Crippen molar-refractivity contribution in [1.82, 2.24) is 9.88 Å². The van der Waals surface area contributed by atoms with Crippen LogP contribution >= 0.6 is 27.3 Å². The fourth-order valence-corrected chi connectivity index (χ4v) is 4.19. The van der Waals surface area contributed by atoms with Crippen LogP contribution in [0.1, 0.15) is 10.4 Å². The second-order valence-corrected chi connectivity index (χ2v) is 8.06. The van der Waals surface area contributed by atoms with Gasteiger partial charge >= 0.3 is 0 Å². The number of anilines is 1. The molecule has 7 heteroatoms. The molecule has 0 spiro atoms. The molecule has 138 valence electrons. The molecule has 1 fully saturated rings. The van der Waals surface area contributed by atoms with Crippen molar-refractivity contribution in [3.63, 3.8) is 0 Å². The van der Waals surface area contributed by atoms with Crippen molar-refractivity contribution in [3.8, 4) is 11.3 Å². The van der Waals surface area contributed by atoms with Crippen LogP contribution in [0.15, 0.2) is 58.4 Å². The van der Waals surface area contributed by atoms with E-state index in [1.165, 1.54) is 12.1 Å². The summed E-state index contributed by atoms with van der Waals surface area (Å²) in [6, 6.07) is 13.8. The van der Waals surface area contributed by atoms with Crippen LogP contribution in [0.2, 0.25) is 0 Å². The molecule has 1 aliphatic heterocycles. The molecule has 27 heavy (non-hydrogen) atoms. The fraction of sp³-hybridized carbons (Fsp3) is 0.200. The Morgan fingerprint density at radius 3 is 2.33 bits per heavy atom. The van der Waals surface area contributed by atoms with E-state index in [-0.39, 0.29) is 11.7 Å². The van der Waals surface area contributed by atoms with Crippen molar-refractivity contribution in [1.29, 1.82) is 0 Å². The van der Waals surface area contributed by atoms with Crippen LogP contribution in [-0.4, -0.2) is 42.0 Å². The molecule has 4 nitrogen and oxygen atoms in total. The Morgan fingerprint density at radius 2 is 1.67 bits per heavy atom. The van der Waals surface area contributed by atoms with Gasteiger partial charge in [-0.25, -0.2) is 9.37 Å². The van der Waals surface area contributed by atoms with E-state index in [1.54, 1.807) is 23.5 Å². The van der Waals surface area contributed by atoms with Crippen molar-refractivity contribution >= 4 is 38.3 Å². The van der Waals surface area contributed by atoms with Crippen LogP contribution in [0, 0.1) is 5.82 Å². The monoisotopic (exact) mass is 445 g/mol. The van der Waals surface area contributed by atoms with Crippen LogP contribution in [0.3, 0.4) is 0 Å². The van der Waals surface area contributed by atoms with Crippen molar-refractivity contribution < 1.29 is 9.18 Å². The largest absolute Gasteiger partial charge is 0.345 e. The summed E-state index contributed by atoms with van der Waals surface area (Å²) in [6.07, 6.45) is 0. The summed E-state index contributed by atoms with van der Waals surface area (Å²) < 4.78 is 14.0. The highest BCUT2D eigenvalue weighted by molar-refractivity contribution is 9.10. The Balaban J connectivity index is 1.40. The number of hydrogen-bond acceptors (Lipinski definition) is 4.